The number of carbonyl (C=O) groups excluding carboxylic acids is 1. The number of rotatable bonds is 3. The molecule has 1 saturated carbocycles. The van der Waals surface area contributed by atoms with E-state index in [2.05, 4.69) is 12.2 Å². The molecule has 1 aliphatic carbocycles. The van der Waals surface area contributed by atoms with Gasteiger partial charge in [-0.1, -0.05) is 6.92 Å². The fourth-order valence-corrected chi connectivity index (χ4v) is 2.22. The van der Waals surface area contributed by atoms with Crippen LogP contribution in [0.2, 0.25) is 0 Å². The molecule has 3 nitrogen and oxygen atoms in total. The van der Waals surface area contributed by atoms with E-state index < -0.39 is 0 Å². The van der Waals surface area contributed by atoms with E-state index in [4.69, 9.17) is 4.74 Å². The molecule has 0 aromatic rings. The van der Waals surface area contributed by atoms with E-state index in [0.29, 0.717) is 6.42 Å². The highest BCUT2D eigenvalue weighted by molar-refractivity contribution is 5.70. The van der Waals surface area contributed by atoms with E-state index >= 15 is 0 Å². The molecule has 0 radical (unpaired) electrons. The van der Waals surface area contributed by atoms with Crippen molar-refractivity contribution in [2.45, 2.75) is 38.1 Å². The molecule has 0 spiro atoms. The van der Waals surface area contributed by atoms with Gasteiger partial charge in [-0.3, -0.25) is 4.79 Å². The minimum absolute atomic E-state index is 0.00646. The highest BCUT2D eigenvalue weighted by Crippen LogP contribution is 2.36. The Bertz CT molecular complexity index is 193. The molecule has 0 aliphatic heterocycles. The first-order chi connectivity index (χ1) is 6.12. The second-order valence-corrected chi connectivity index (χ2v) is 4.13. The molecule has 0 amide bonds. The van der Waals surface area contributed by atoms with Gasteiger partial charge in [-0.2, -0.15) is 0 Å². The lowest BCUT2D eigenvalue weighted by Crippen LogP contribution is -2.42. The highest BCUT2D eigenvalue weighted by Gasteiger charge is 2.37. The van der Waals surface area contributed by atoms with Crippen LogP contribution < -0.4 is 5.32 Å². The van der Waals surface area contributed by atoms with Crippen LogP contribution in [0.1, 0.15) is 32.6 Å². The highest BCUT2D eigenvalue weighted by atomic mass is 16.5. The normalized spacial score (nSPS) is 33.3. The van der Waals surface area contributed by atoms with Gasteiger partial charge in [-0.15, -0.1) is 0 Å². The fraction of sp³-hybridized carbons (Fsp3) is 0.900. The molecule has 13 heavy (non-hydrogen) atoms. The number of ether oxygens (including phenoxy) is 1. The topological polar surface area (TPSA) is 38.3 Å². The predicted octanol–water partition coefficient (Wildman–Crippen LogP) is 1.33. The van der Waals surface area contributed by atoms with Crippen LogP contribution in [-0.4, -0.2) is 25.7 Å². The third-order valence-corrected chi connectivity index (χ3v) is 3.10. The molecule has 0 aromatic heterocycles. The van der Waals surface area contributed by atoms with Crippen molar-refractivity contribution in [2.75, 3.05) is 14.2 Å². The van der Waals surface area contributed by atoms with E-state index in [1.165, 1.54) is 13.5 Å². The van der Waals surface area contributed by atoms with E-state index in [0.717, 1.165) is 18.8 Å². The fourth-order valence-electron chi connectivity index (χ4n) is 2.22. The van der Waals surface area contributed by atoms with Gasteiger partial charge in [0.05, 0.1) is 13.5 Å². The second kappa shape index (κ2) is 4.09. The third-order valence-electron chi connectivity index (χ3n) is 3.10. The van der Waals surface area contributed by atoms with Gasteiger partial charge in [0.15, 0.2) is 0 Å². The Kier molecular flexibility index (Phi) is 3.31. The lowest BCUT2D eigenvalue weighted by atomic mass is 9.92. The Hall–Kier alpha value is -0.570. The van der Waals surface area contributed by atoms with Crippen LogP contribution in [0.4, 0.5) is 0 Å². The molecule has 1 N–H and O–H groups in total. The molecule has 0 bridgehead atoms. The van der Waals surface area contributed by atoms with Gasteiger partial charge in [0.25, 0.3) is 0 Å². The Balaban J connectivity index is 2.55. The first-order valence-corrected chi connectivity index (χ1v) is 4.87. The van der Waals surface area contributed by atoms with Crippen molar-refractivity contribution in [3.05, 3.63) is 0 Å². The second-order valence-electron chi connectivity index (χ2n) is 4.13. The van der Waals surface area contributed by atoms with E-state index in [1.54, 1.807) is 0 Å². The van der Waals surface area contributed by atoms with Crippen molar-refractivity contribution >= 4 is 5.97 Å². The summed E-state index contributed by atoms with van der Waals surface area (Å²) in [6.45, 7) is 2.23. The Morgan fingerprint density at radius 2 is 2.38 bits per heavy atom. The zero-order chi connectivity index (χ0) is 9.90. The van der Waals surface area contributed by atoms with E-state index in [-0.39, 0.29) is 11.5 Å². The molecule has 2 unspecified atom stereocenters. The van der Waals surface area contributed by atoms with Gasteiger partial charge in [-0.05, 0) is 32.2 Å². The largest absolute Gasteiger partial charge is 0.469 e. The SMILES string of the molecule is CNC1(CC(=O)OC)CCC(C)C1. The standard InChI is InChI=1S/C10H19NO2/c1-8-4-5-10(6-8,11-2)7-9(12)13-3/h8,11H,4-7H2,1-3H3. The Morgan fingerprint density at radius 1 is 1.69 bits per heavy atom. The quantitative estimate of drug-likeness (QED) is 0.674. The van der Waals surface area contributed by atoms with Crippen LogP contribution in [0.15, 0.2) is 0 Å². The monoisotopic (exact) mass is 185 g/mol. The molecule has 1 aliphatic rings. The predicted molar refractivity (Wildman–Crippen MR) is 51.4 cm³/mol. The lowest BCUT2D eigenvalue weighted by molar-refractivity contribution is -0.142. The minimum Gasteiger partial charge on any atom is -0.469 e. The molecule has 1 fully saturated rings. The minimum atomic E-state index is -0.108. The van der Waals surface area contributed by atoms with Gasteiger partial charge >= 0.3 is 5.97 Å². The zero-order valence-corrected chi connectivity index (χ0v) is 8.72. The van der Waals surface area contributed by atoms with Crippen molar-refractivity contribution in [2.24, 2.45) is 5.92 Å². The van der Waals surface area contributed by atoms with Gasteiger partial charge in [0.2, 0.25) is 0 Å². The molecule has 0 heterocycles. The first kappa shape index (κ1) is 10.5. The Labute approximate surface area is 79.8 Å². The van der Waals surface area contributed by atoms with Gasteiger partial charge in [0.1, 0.15) is 0 Å². The van der Waals surface area contributed by atoms with Crippen molar-refractivity contribution < 1.29 is 9.53 Å². The third kappa shape index (κ3) is 2.44. The van der Waals surface area contributed by atoms with Crippen molar-refractivity contribution in [1.29, 1.82) is 0 Å². The van der Waals surface area contributed by atoms with Crippen molar-refractivity contribution in [3.8, 4) is 0 Å². The maximum Gasteiger partial charge on any atom is 0.307 e. The number of nitrogens with one attached hydrogen (secondary N) is 1. The average molecular weight is 185 g/mol. The lowest BCUT2D eigenvalue weighted by Gasteiger charge is -2.27. The molecule has 2 atom stereocenters. The molecule has 1 rings (SSSR count). The van der Waals surface area contributed by atoms with E-state index in [9.17, 15) is 4.79 Å². The summed E-state index contributed by atoms with van der Waals surface area (Å²) in [4.78, 5) is 11.2. The molecule has 0 saturated heterocycles. The molecule has 3 heteroatoms. The summed E-state index contributed by atoms with van der Waals surface area (Å²) in [6.07, 6.45) is 3.88. The number of hydrogen-bond acceptors (Lipinski definition) is 3. The van der Waals surface area contributed by atoms with Crippen LogP contribution in [0, 0.1) is 5.92 Å². The average Bonchev–Trinajstić information content (AvgIpc) is 2.48. The summed E-state index contributed by atoms with van der Waals surface area (Å²) >= 11 is 0. The van der Waals surface area contributed by atoms with Crippen LogP contribution in [-0.2, 0) is 9.53 Å². The summed E-state index contributed by atoms with van der Waals surface area (Å²) in [6, 6.07) is 0. The maximum atomic E-state index is 11.2. The zero-order valence-electron chi connectivity index (χ0n) is 8.72. The number of esters is 1. The van der Waals surface area contributed by atoms with Crippen LogP contribution >= 0.6 is 0 Å². The summed E-state index contributed by atoms with van der Waals surface area (Å²) in [5.41, 5.74) is 0.00646. The molecule has 76 valence electrons. The van der Waals surface area contributed by atoms with Gasteiger partial charge in [0, 0.05) is 5.54 Å². The summed E-state index contributed by atoms with van der Waals surface area (Å²) < 4.78 is 4.70. The molecule has 0 aromatic carbocycles. The van der Waals surface area contributed by atoms with Crippen LogP contribution in [0.25, 0.3) is 0 Å². The maximum absolute atomic E-state index is 11.2. The van der Waals surface area contributed by atoms with E-state index in [1.807, 2.05) is 7.05 Å². The summed E-state index contributed by atoms with van der Waals surface area (Å²) in [7, 11) is 3.38. The van der Waals surface area contributed by atoms with Gasteiger partial charge < -0.3 is 10.1 Å². The Morgan fingerprint density at radius 3 is 2.77 bits per heavy atom. The van der Waals surface area contributed by atoms with Crippen LogP contribution in [0.5, 0.6) is 0 Å². The van der Waals surface area contributed by atoms with Crippen LogP contribution in [0.3, 0.4) is 0 Å². The molecular formula is C10H19NO2. The van der Waals surface area contributed by atoms with Crippen molar-refractivity contribution in [1.82, 2.24) is 5.32 Å². The number of carbonyl (C=O) groups is 1. The number of methoxy groups -OCH3 is 1. The number of hydrogen-bond donors (Lipinski definition) is 1. The summed E-state index contributed by atoms with van der Waals surface area (Å²) in [5.74, 6) is 0.612. The summed E-state index contributed by atoms with van der Waals surface area (Å²) in [5, 5.41) is 3.27. The molecular weight excluding hydrogens is 166 g/mol. The first-order valence-electron chi connectivity index (χ1n) is 4.87. The van der Waals surface area contributed by atoms with Crippen molar-refractivity contribution in [3.63, 3.8) is 0 Å². The van der Waals surface area contributed by atoms with Gasteiger partial charge in [-0.25, -0.2) is 0 Å². The smallest absolute Gasteiger partial charge is 0.307 e.